The van der Waals surface area contributed by atoms with Crippen LogP contribution in [0, 0.1) is 17.8 Å². The van der Waals surface area contributed by atoms with E-state index < -0.39 is 11.9 Å². The second-order valence-corrected chi connectivity index (χ2v) is 7.09. The molecule has 0 radical (unpaired) electrons. The van der Waals surface area contributed by atoms with E-state index in [0.29, 0.717) is 18.4 Å². The Morgan fingerprint density at radius 2 is 1.62 bits per heavy atom. The molecule has 2 amide bonds. The van der Waals surface area contributed by atoms with Crippen molar-refractivity contribution in [2.24, 2.45) is 17.8 Å². The average molecular weight is 294 g/mol. The monoisotopic (exact) mass is 294 g/mol. The molecule has 0 heterocycles. The van der Waals surface area contributed by atoms with Gasteiger partial charge in [0.15, 0.2) is 0 Å². The molecule has 118 valence electrons. The van der Waals surface area contributed by atoms with Crippen LogP contribution in [0.1, 0.15) is 57.8 Å². The van der Waals surface area contributed by atoms with E-state index in [4.69, 9.17) is 0 Å². The fraction of sp³-hybridized carbons (Fsp3) is 0.875. The van der Waals surface area contributed by atoms with Crippen molar-refractivity contribution in [3.05, 3.63) is 0 Å². The predicted molar refractivity (Wildman–Crippen MR) is 78.9 cm³/mol. The highest BCUT2D eigenvalue weighted by Crippen LogP contribution is 2.44. The first kappa shape index (κ1) is 14.7. The molecule has 0 aromatic rings. The molecule has 0 spiro atoms. The molecule has 5 nitrogen and oxygen atoms in total. The number of aliphatic carboxylic acids is 1. The van der Waals surface area contributed by atoms with Gasteiger partial charge in [-0.05, 0) is 43.9 Å². The van der Waals surface area contributed by atoms with E-state index in [1.807, 2.05) is 0 Å². The number of carbonyl (C=O) groups is 2. The predicted octanol–water partition coefficient (Wildman–Crippen LogP) is 2.51. The zero-order chi connectivity index (χ0) is 14.8. The van der Waals surface area contributed by atoms with Crippen LogP contribution in [0.5, 0.6) is 0 Å². The van der Waals surface area contributed by atoms with Crippen LogP contribution in [0.3, 0.4) is 0 Å². The van der Waals surface area contributed by atoms with Crippen molar-refractivity contribution in [2.45, 2.75) is 69.9 Å². The van der Waals surface area contributed by atoms with Gasteiger partial charge in [-0.25, -0.2) is 4.79 Å². The average Bonchev–Trinajstić information content (AvgIpc) is 2.96. The van der Waals surface area contributed by atoms with Crippen molar-refractivity contribution in [3.63, 3.8) is 0 Å². The van der Waals surface area contributed by atoms with E-state index in [9.17, 15) is 14.7 Å². The highest BCUT2D eigenvalue weighted by atomic mass is 16.4. The highest BCUT2D eigenvalue weighted by molar-refractivity contribution is 5.77. The molecule has 5 unspecified atom stereocenters. The maximum absolute atomic E-state index is 12.2. The minimum Gasteiger partial charge on any atom is -0.481 e. The van der Waals surface area contributed by atoms with Crippen LogP contribution in [0.4, 0.5) is 4.79 Å². The smallest absolute Gasteiger partial charge is 0.315 e. The zero-order valence-electron chi connectivity index (χ0n) is 12.5. The van der Waals surface area contributed by atoms with Gasteiger partial charge >= 0.3 is 12.0 Å². The molecule has 0 saturated heterocycles. The molecule has 3 N–H and O–H groups in total. The summed E-state index contributed by atoms with van der Waals surface area (Å²) in [4.78, 5) is 23.6. The van der Waals surface area contributed by atoms with Crippen molar-refractivity contribution in [3.8, 4) is 0 Å². The molecule has 3 saturated carbocycles. The van der Waals surface area contributed by atoms with Crippen molar-refractivity contribution in [2.75, 3.05) is 0 Å². The Morgan fingerprint density at radius 3 is 2.29 bits per heavy atom. The molecule has 3 rings (SSSR count). The number of carboxylic acids is 1. The quantitative estimate of drug-likeness (QED) is 0.700. The fourth-order valence-electron chi connectivity index (χ4n) is 4.58. The summed E-state index contributed by atoms with van der Waals surface area (Å²) < 4.78 is 0. The summed E-state index contributed by atoms with van der Waals surface area (Å²) in [5.74, 6) is 0.232. The molecule has 3 aliphatic carbocycles. The highest BCUT2D eigenvalue weighted by Gasteiger charge is 2.40. The first-order chi connectivity index (χ1) is 10.1. The minimum absolute atomic E-state index is 0.161. The van der Waals surface area contributed by atoms with Gasteiger partial charge in [0.1, 0.15) is 0 Å². The Labute approximate surface area is 125 Å². The zero-order valence-corrected chi connectivity index (χ0v) is 12.5. The van der Waals surface area contributed by atoms with Crippen LogP contribution < -0.4 is 10.6 Å². The van der Waals surface area contributed by atoms with Gasteiger partial charge in [0.05, 0.1) is 5.92 Å². The van der Waals surface area contributed by atoms with Gasteiger partial charge in [-0.3, -0.25) is 4.79 Å². The second-order valence-electron chi connectivity index (χ2n) is 7.09. The number of carboxylic acid groups (broad SMARTS) is 1. The molecule has 0 aliphatic heterocycles. The van der Waals surface area contributed by atoms with Gasteiger partial charge in [-0.15, -0.1) is 0 Å². The number of fused-ring (bicyclic) bond motifs is 2. The summed E-state index contributed by atoms with van der Waals surface area (Å²) in [6, 6.07) is -0.0768. The molecule has 2 bridgehead atoms. The van der Waals surface area contributed by atoms with E-state index in [0.717, 1.165) is 38.0 Å². The second kappa shape index (κ2) is 6.24. The van der Waals surface area contributed by atoms with Crippen LogP contribution in [-0.4, -0.2) is 29.2 Å². The van der Waals surface area contributed by atoms with Gasteiger partial charge in [-0.2, -0.15) is 0 Å². The van der Waals surface area contributed by atoms with E-state index in [2.05, 4.69) is 10.6 Å². The van der Waals surface area contributed by atoms with Crippen LogP contribution in [0.15, 0.2) is 0 Å². The summed E-state index contributed by atoms with van der Waals surface area (Å²) in [5.41, 5.74) is 0. The minimum atomic E-state index is -0.776. The Bertz CT molecular complexity index is 412. The first-order valence-corrected chi connectivity index (χ1v) is 8.43. The van der Waals surface area contributed by atoms with Crippen molar-refractivity contribution >= 4 is 12.0 Å². The lowest BCUT2D eigenvalue weighted by Crippen LogP contribution is -2.50. The third-order valence-electron chi connectivity index (χ3n) is 5.70. The Morgan fingerprint density at radius 1 is 0.857 bits per heavy atom. The number of carbonyl (C=O) groups excluding carboxylic acids is 1. The topological polar surface area (TPSA) is 78.4 Å². The van der Waals surface area contributed by atoms with Crippen molar-refractivity contribution in [1.82, 2.24) is 10.6 Å². The van der Waals surface area contributed by atoms with Crippen molar-refractivity contribution < 1.29 is 14.7 Å². The molecular formula is C16H26N2O3. The molecule has 21 heavy (non-hydrogen) atoms. The van der Waals surface area contributed by atoms with Crippen LogP contribution in [-0.2, 0) is 4.79 Å². The maximum atomic E-state index is 12.2. The van der Waals surface area contributed by atoms with E-state index in [1.165, 1.54) is 19.3 Å². The summed E-state index contributed by atoms with van der Waals surface area (Å²) in [6.07, 6.45) is 9.37. The third-order valence-corrected chi connectivity index (χ3v) is 5.70. The first-order valence-electron chi connectivity index (χ1n) is 8.43. The fourth-order valence-corrected chi connectivity index (χ4v) is 4.58. The van der Waals surface area contributed by atoms with Crippen molar-refractivity contribution in [1.29, 1.82) is 0 Å². The number of urea groups is 1. The van der Waals surface area contributed by atoms with E-state index >= 15 is 0 Å². The Kier molecular flexibility index (Phi) is 4.36. The molecular weight excluding hydrogens is 268 g/mol. The van der Waals surface area contributed by atoms with Crippen LogP contribution in [0.25, 0.3) is 0 Å². The molecule has 3 aliphatic rings. The van der Waals surface area contributed by atoms with Gasteiger partial charge in [0.2, 0.25) is 0 Å². The summed E-state index contributed by atoms with van der Waals surface area (Å²) in [7, 11) is 0. The van der Waals surface area contributed by atoms with Gasteiger partial charge in [-0.1, -0.05) is 25.7 Å². The number of amides is 2. The Balaban J connectivity index is 1.53. The molecule has 5 atom stereocenters. The SMILES string of the molecule is O=C(NC1CC2CCC1C2)NC1CCCCCC1C(=O)O. The summed E-state index contributed by atoms with van der Waals surface area (Å²) in [6.45, 7) is 0. The maximum Gasteiger partial charge on any atom is 0.315 e. The standard InChI is InChI=1S/C16H26N2O3/c19-15(20)12-4-2-1-3-5-13(12)17-16(21)18-14-9-10-6-7-11(14)8-10/h10-14H,1-9H2,(H,19,20)(H2,17,18,21). The normalized spacial score (nSPS) is 38.8. The molecule has 0 aromatic carbocycles. The third kappa shape index (κ3) is 3.33. The number of hydrogen-bond acceptors (Lipinski definition) is 2. The lowest BCUT2D eigenvalue weighted by atomic mass is 9.94. The number of hydrogen-bond donors (Lipinski definition) is 3. The van der Waals surface area contributed by atoms with E-state index in [-0.39, 0.29) is 12.1 Å². The number of rotatable bonds is 3. The van der Waals surface area contributed by atoms with E-state index in [1.54, 1.807) is 0 Å². The lowest BCUT2D eigenvalue weighted by molar-refractivity contribution is -0.142. The number of nitrogens with one attached hydrogen (secondary N) is 2. The van der Waals surface area contributed by atoms with Crippen LogP contribution in [0.2, 0.25) is 0 Å². The lowest BCUT2D eigenvalue weighted by Gasteiger charge is -2.27. The summed E-state index contributed by atoms with van der Waals surface area (Å²) >= 11 is 0. The molecule has 0 aromatic heterocycles. The van der Waals surface area contributed by atoms with Gasteiger partial charge < -0.3 is 15.7 Å². The van der Waals surface area contributed by atoms with Crippen LogP contribution >= 0.6 is 0 Å². The molecule has 3 fully saturated rings. The van der Waals surface area contributed by atoms with Gasteiger partial charge in [0, 0.05) is 12.1 Å². The Hall–Kier alpha value is -1.26. The molecule has 5 heteroatoms. The van der Waals surface area contributed by atoms with Gasteiger partial charge in [0.25, 0.3) is 0 Å². The largest absolute Gasteiger partial charge is 0.481 e. The summed E-state index contributed by atoms with van der Waals surface area (Å²) in [5, 5.41) is 15.4.